The number of rotatable bonds is 5. The summed E-state index contributed by atoms with van der Waals surface area (Å²) in [7, 11) is 0. The molecule has 0 bridgehead atoms. The molecule has 2 amide bonds. The van der Waals surface area contributed by atoms with E-state index < -0.39 is 6.04 Å². The highest BCUT2D eigenvalue weighted by Crippen LogP contribution is 2.32. The van der Waals surface area contributed by atoms with Crippen molar-refractivity contribution in [3.05, 3.63) is 53.6 Å². The van der Waals surface area contributed by atoms with Gasteiger partial charge in [-0.2, -0.15) is 0 Å². The number of carbonyl (C=O) groups excluding carboxylic acids is 2. The summed E-state index contributed by atoms with van der Waals surface area (Å²) in [6.45, 7) is 11.2. The summed E-state index contributed by atoms with van der Waals surface area (Å²) >= 11 is 0. The van der Waals surface area contributed by atoms with Crippen LogP contribution < -0.4 is 20.1 Å². The van der Waals surface area contributed by atoms with Crippen LogP contribution in [0, 0.1) is 5.92 Å². The van der Waals surface area contributed by atoms with Gasteiger partial charge in [-0.3, -0.25) is 9.59 Å². The Bertz CT molecular complexity index is 914. The molecule has 1 aliphatic rings. The predicted molar refractivity (Wildman–Crippen MR) is 117 cm³/mol. The third kappa shape index (κ3) is 5.12. The molecule has 0 saturated heterocycles. The molecule has 3 rings (SSSR count). The van der Waals surface area contributed by atoms with E-state index in [0.29, 0.717) is 36.0 Å². The van der Waals surface area contributed by atoms with E-state index in [-0.39, 0.29) is 23.1 Å². The molecule has 6 nitrogen and oxygen atoms in total. The summed E-state index contributed by atoms with van der Waals surface area (Å²) in [5.41, 5.74) is 2.29. The molecule has 0 aliphatic carbocycles. The summed E-state index contributed by atoms with van der Waals surface area (Å²) in [6.07, 6.45) is 0. The Labute approximate surface area is 178 Å². The molecule has 0 fully saturated rings. The molecular weight excluding hydrogens is 380 g/mol. The molecule has 0 spiro atoms. The van der Waals surface area contributed by atoms with Gasteiger partial charge in [0.2, 0.25) is 5.91 Å². The first-order chi connectivity index (χ1) is 14.1. The average Bonchev–Trinajstić information content (AvgIpc) is 2.70. The predicted octanol–water partition coefficient (Wildman–Crippen LogP) is 4.15. The summed E-state index contributed by atoms with van der Waals surface area (Å²) in [5.74, 6) is 0.627. The normalized spacial score (nSPS) is 14.2. The molecule has 6 heteroatoms. The maximum absolute atomic E-state index is 12.9. The van der Waals surface area contributed by atoms with Crippen molar-refractivity contribution in [3.63, 3.8) is 0 Å². The largest absolute Gasteiger partial charge is 0.486 e. The van der Waals surface area contributed by atoms with Crippen LogP contribution in [0.25, 0.3) is 0 Å². The molecule has 30 heavy (non-hydrogen) atoms. The van der Waals surface area contributed by atoms with E-state index in [9.17, 15) is 9.59 Å². The van der Waals surface area contributed by atoms with E-state index in [1.165, 1.54) is 0 Å². The van der Waals surface area contributed by atoms with Crippen LogP contribution in [0.2, 0.25) is 0 Å². The molecule has 1 heterocycles. The lowest BCUT2D eigenvalue weighted by Crippen LogP contribution is -2.47. The van der Waals surface area contributed by atoms with Gasteiger partial charge in [0.15, 0.2) is 11.5 Å². The molecule has 2 N–H and O–H groups in total. The maximum Gasteiger partial charge on any atom is 0.251 e. The average molecular weight is 411 g/mol. The van der Waals surface area contributed by atoms with Gasteiger partial charge in [-0.25, -0.2) is 0 Å². The first kappa shape index (κ1) is 21.7. The lowest BCUT2D eigenvalue weighted by Gasteiger charge is -2.23. The summed E-state index contributed by atoms with van der Waals surface area (Å²) in [4.78, 5) is 25.6. The first-order valence-corrected chi connectivity index (χ1v) is 10.3. The smallest absolute Gasteiger partial charge is 0.251 e. The van der Waals surface area contributed by atoms with E-state index >= 15 is 0 Å². The van der Waals surface area contributed by atoms with Crippen molar-refractivity contribution in [1.82, 2.24) is 5.32 Å². The van der Waals surface area contributed by atoms with Crippen LogP contribution in [0.15, 0.2) is 42.5 Å². The second kappa shape index (κ2) is 8.78. The van der Waals surface area contributed by atoms with Gasteiger partial charge in [0, 0.05) is 17.3 Å². The van der Waals surface area contributed by atoms with Gasteiger partial charge < -0.3 is 20.1 Å². The highest BCUT2D eigenvalue weighted by Gasteiger charge is 2.25. The van der Waals surface area contributed by atoms with Crippen molar-refractivity contribution in [2.75, 3.05) is 18.5 Å². The number of hydrogen-bond acceptors (Lipinski definition) is 4. The lowest BCUT2D eigenvalue weighted by atomic mass is 9.86. The van der Waals surface area contributed by atoms with Crippen LogP contribution in [0.1, 0.15) is 50.5 Å². The minimum absolute atomic E-state index is 0.0129. The van der Waals surface area contributed by atoms with Gasteiger partial charge >= 0.3 is 0 Å². The van der Waals surface area contributed by atoms with Gasteiger partial charge in [0.1, 0.15) is 19.3 Å². The van der Waals surface area contributed by atoms with Crippen LogP contribution in [0.5, 0.6) is 11.5 Å². The van der Waals surface area contributed by atoms with Crippen LogP contribution >= 0.6 is 0 Å². The Morgan fingerprint density at radius 1 is 0.933 bits per heavy atom. The van der Waals surface area contributed by atoms with Crippen molar-refractivity contribution in [2.24, 2.45) is 5.92 Å². The van der Waals surface area contributed by atoms with E-state index in [1.807, 2.05) is 26.0 Å². The number of anilines is 1. The molecule has 0 saturated carbocycles. The quantitative estimate of drug-likeness (QED) is 0.776. The second-order valence-electron chi connectivity index (χ2n) is 8.87. The minimum atomic E-state index is -0.673. The highest BCUT2D eigenvalue weighted by atomic mass is 16.6. The number of amides is 2. The zero-order chi connectivity index (χ0) is 21.9. The van der Waals surface area contributed by atoms with E-state index in [0.717, 1.165) is 5.56 Å². The van der Waals surface area contributed by atoms with E-state index in [2.05, 4.69) is 31.4 Å². The van der Waals surface area contributed by atoms with Gasteiger partial charge in [-0.1, -0.05) is 46.8 Å². The number of fused-ring (bicyclic) bond motifs is 1. The Kier molecular flexibility index (Phi) is 6.34. The standard InChI is InChI=1S/C24H30N2O4/c1-15(2)21(26-22(27)16-6-8-17(9-7-16)24(3,4)5)23(28)25-18-10-11-19-20(14-18)30-13-12-29-19/h6-11,14-15,21H,12-13H2,1-5H3,(H,25,28)(H,26,27)/t21-/m1/s1. The lowest BCUT2D eigenvalue weighted by molar-refractivity contribution is -0.118. The van der Waals surface area contributed by atoms with Crippen LogP contribution in [-0.4, -0.2) is 31.1 Å². The number of hydrogen-bond donors (Lipinski definition) is 2. The van der Waals surface area contributed by atoms with Crippen molar-refractivity contribution in [2.45, 2.75) is 46.1 Å². The minimum Gasteiger partial charge on any atom is -0.486 e. The molecule has 0 unspecified atom stereocenters. The molecule has 0 aromatic heterocycles. The Morgan fingerprint density at radius 2 is 1.57 bits per heavy atom. The van der Waals surface area contributed by atoms with Crippen molar-refractivity contribution in [1.29, 1.82) is 0 Å². The molecule has 2 aromatic rings. The van der Waals surface area contributed by atoms with Gasteiger partial charge in [-0.15, -0.1) is 0 Å². The van der Waals surface area contributed by atoms with Gasteiger partial charge in [0.25, 0.3) is 5.91 Å². The van der Waals surface area contributed by atoms with Crippen LogP contribution in [-0.2, 0) is 10.2 Å². The summed E-state index contributed by atoms with van der Waals surface area (Å²) in [5, 5.41) is 5.74. The van der Waals surface area contributed by atoms with E-state index in [4.69, 9.17) is 9.47 Å². The van der Waals surface area contributed by atoms with Crippen molar-refractivity contribution < 1.29 is 19.1 Å². The highest BCUT2D eigenvalue weighted by molar-refractivity contribution is 6.01. The summed E-state index contributed by atoms with van der Waals surface area (Å²) in [6, 6.07) is 12.1. The Balaban J connectivity index is 1.69. The number of benzene rings is 2. The summed E-state index contributed by atoms with van der Waals surface area (Å²) < 4.78 is 11.1. The first-order valence-electron chi connectivity index (χ1n) is 10.3. The third-order valence-corrected chi connectivity index (χ3v) is 5.06. The molecule has 0 radical (unpaired) electrons. The van der Waals surface area contributed by atoms with E-state index in [1.54, 1.807) is 30.3 Å². The molecule has 2 aromatic carbocycles. The van der Waals surface area contributed by atoms with Crippen LogP contribution in [0.4, 0.5) is 5.69 Å². The monoisotopic (exact) mass is 410 g/mol. The third-order valence-electron chi connectivity index (χ3n) is 5.06. The number of ether oxygens (including phenoxy) is 2. The number of nitrogens with one attached hydrogen (secondary N) is 2. The topological polar surface area (TPSA) is 76.7 Å². The Morgan fingerprint density at radius 3 is 2.17 bits per heavy atom. The Hall–Kier alpha value is -3.02. The molecule has 1 atom stereocenters. The fourth-order valence-corrected chi connectivity index (χ4v) is 3.22. The zero-order valence-corrected chi connectivity index (χ0v) is 18.2. The fraction of sp³-hybridized carbons (Fsp3) is 0.417. The van der Waals surface area contributed by atoms with Gasteiger partial charge in [0.05, 0.1) is 0 Å². The fourth-order valence-electron chi connectivity index (χ4n) is 3.22. The molecule has 160 valence electrons. The second-order valence-corrected chi connectivity index (χ2v) is 8.87. The molecule has 1 aliphatic heterocycles. The zero-order valence-electron chi connectivity index (χ0n) is 18.2. The van der Waals surface area contributed by atoms with Crippen molar-refractivity contribution in [3.8, 4) is 11.5 Å². The molecular formula is C24H30N2O4. The van der Waals surface area contributed by atoms with Crippen molar-refractivity contribution >= 4 is 17.5 Å². The van der Waals surface area contributed by atoms with Crippen LogP contribution in [0.3, 0.4) is 0 Å². The maximum atomic E-state index is 12.9. The number of carbonyl (C=O) groups is 2. The van der Waals surface area contributed by atoms with Gasteiger partial charge in [-0.05, 0) is 41.2 Å². The SMILES string of the molecule is CC(C)[C@@H](NC(=O)c1ccc(C(C)(C)C)cc1)C(=O)Nc1ccc2c(c1)OCCO2.